The van der Waals surface area contributed by atoms with E-state index in [1.165, 1.54) is 34.4 Å². The molecule has 2 heterocycles. The molecule has 0 saturated carbocycles. The van der Waals surface area contributed by atoms with E-state index >= 15 is 0 Å². The van der Waals surface area contributed by atoms with E-state index in [9.17, 15) is 14.9 Å². The third-order valence-corrected chi connectivity index (χ3v) is 5.53. The van der Waals surface area contributed by atoms with Crippen molar-refractivity contribution >= 4 is 49.9 Å². The predicted molar refractivity (Wildman–Crippen MR) is 112 cm³/mol. The molecule has 0 fully saturated rings. The van der Waals surface area contributed by atoms with Crippen molar-refractivity contribution in [3.8, 4) is 0 Å². The van der Waals surface area contributed by atoms with Crippen LogP contribution in [0.5, 0.6) is 0 Å². The van der Waals surface area contributed by atoms with E-state index in [4.69, 9.17) is 11.6 Å². The molecule has 0 aliphatic heterocycles. The molecule has 2 aromatic carbocycles. The van der Waals surface area contributed by atoms with Gasteiger partial charge >= 0.3 is 0 Å². The van der Waals surface area contributed by atoms with Gasteiger partial charge in [-0.3, -0.25) is 24.8 Å². The normalized spacial score (nSPS) is 10.8. The molecular formula is C20H13ClN4O3S. The Labute approximate surface area is 174 Å². The van der Waals surface area contributed by atoms with Gasteiger partial charge in [0, 0.05) is 23.9 Å². The molecule has 29 heavy (non-hydrogen) atoms. The van der Waals surface area contributed by atoms with Crippen molar-refractivity contribution in [3.63, 3.8) is 0 Å². The highest BCUT2D eigenvalue weighted by molar-refractivity contribution is 7.22. The highest BCUT2D eigenvalue weighted by atomic mass is 35.5. The number of nitro groups is 1. The second-order valence-corrected chi connectivity index (χ2v) is 7.52. The number of anilines is 1. The fourth-order valence-electron chi connectivity index (χ4n) is 2.81. The summed E-state index contributed by atoms with van der Waals surface area (Å²) in [5.41, 5.74) is 1.31. The molecule has 4 aromatic rings. The standard InChI is InChI=1S/C20H13ClN4O3S/c21-16-8-4-9-17-18(16)23-20(29-17)24(12-14-6-1-2-10-22-14)19(26)13-5-3-7-15(11-13)25(27)28/h1-11H,12H2. The maximum atomic E-state index is 13.3. The van der Waals surface area contributed by atoms with Gasteiger partial charge in [0.1, 0.15) is 5.52 Å². The fraction of sp³-hybridized carbons (Fsp3) is 0.0500. The second-order valence-electron chi connectivity index (χ2n) is 6.10. The lowest BCUT2D eigenvalue weighted by atomic mass is 10.1. The molecule has 9 heteroatoms. The number of carbonyl (C=O) groups excluding carboxylic acids is 1. The molecule has 0 radical (unpaired) electrons. The van der Waals surface area contributed by atoms with Crippen LogP contribution in [0.25, 0.3) is 10.2 Å². The van der Waals surface area contributed by atoms with Crippen molar-refractivity contribution < 1.29 is 9.72 Å². The van der Waals surface area contributed by atoms with Crippen LogP contribution in [0.15, 0.2) is 66.9 Å². The molecule has 0 aliphatic carbocycles. The molecule has 1 amide bonds. The zero-order valence-corrected chi connectivity index (χ0v) is 16.4. The van der Waals surface area contributed by atoms with Crippen molar-refractivity contribution in [2.75, 3.05) is 4.90 Å². The highest BCUT2D eigenvalue weighted by Crippen LogP contribution is 2.34. The Balaban J connectivity index is 1.79. The summed E-state index contributed by atoms with van der Waals surface area (Å²) in [6.45, 7) is 0.166. The minimum atomic E-state index is -0.530. The van der Waals surface area contributed by atoms with Crippen molar-refractivity contribution in [1.29, 1.82) is 0 Å². The molecule has 2 aromatic heterocycles. The van der Waals surface area contributed by atoms with Crippen LogP contribution in [0.3, 0.4) is 0 Å². The number of nitrogens with zero attached hydrogens (tertiary/aromatic N) is 4. The smallest absolute Gasteiger partial charge is 0.270 e. The summed E-state index contributed by atoms with van der Waals surface area (Å²) in [4.78, 5) is 34.2. The van der Waals surface area contributed by atoms with Gasteiger partial charge in [-0.1, -0.05) is 41.1 Å². The van der Waals surface area contributed by atoms with Crippen LogP contribution in [0.4, 0.5) is 10.8 Å². The lowest BCUT2D eigenvalue weighted by molar-refractivity contribution is -0.384. The molecule has 0 atom stereocenters. The Kier molecular flexibility index (Phi) is 5.20. The molecule has 0 unspecified atom stereocenters. The van der Waals surface area contributed by atoms with E-state index in [2.05, 4.69) is 9.97 Å². The van der Waals surface area contributed by atoms with Crippen LogP contribution in [-0.4, -0.2) is 20.8 Å². The number of pyridine rings is 1. The molecule has 7 nitrogen and oxygen atoms in total. The van der Waals surface area contributed by atoms with Crippen LogP contribution in [-0.2, 0) is 6.54 Å². The molecule has 0 aliphatic rings. The number of aromatic nitrogens is 2. The van der Waals surface area contributed by atoms with Gasteiger partial charge in [-0.15, -0.1) is 0 Å². The summed E-state index contributed by atoms with van der Waals surface area (Å²) in [6.07, 6.45) is 1.64. The maximum Gasteiger partial charge on any atom is 0.270 e. The first-order valence-electron chi connectivity index (χ1n) is 8.54. The summed E-state index contributed by atoms with van der Waals surface area (Å²) >= 11 is 7.56. The van der Waals surface area contributed by atoms with Crippen LogP contribution >= 0.6 is 22.9 Å². The number of non-ortho nitro benzene ring substituents is 1. The largest absolute Gasteiger partial charge is 0.278 e. The Morgan fingerprint density at radius 3 is 2.69 bits per heavy atom. The van der Waals surface area contributed by atoms with Crippen molar-refractivity contribution in [2.24, 2.45) is 0 Å². The number of halogens is 1. The van der Waals surface area contributed by atoms with Gasteiger partial charge in [-0.2, -0.15) is 0 Å². The van der Waals surface area contributed by atoms with Crippen molar-refractivity contribution in [2.45, 2.75) is 6.54 Å². The predicted octanol–water partition coefficient (Wildman–Crippen LogP) is 5.10. The average molecular weight is 425 g/mol. The summed E-state index contributed by atoms with van der Waals surface area (Å²) in [6, 6.07) is 16.5. The Bertz CT molecular complexity index is 1210. The Morgan fingerprint density at radius 1 is 1.14 bits per heavy atom. The number of hydrogen-bond acceptors (Lipinski definition) is 6. The van der Waals surface area contributed by atoms with E-state index in [0.29, 0.717) is 21.4 Å². The number of thiazole rings is 1. The summed E-state index contributed by atoms with van der Waals surface area (Å²) in [7, 11) is 0. The average Bonchev–Trinajstić information content (AvgIpc) is 3.18. The van der Waals surface area contributed by atoms with Crippen LogP contribution in [0.1, 0.15) is 16.1 Å². The molecule has 4 rings (SSSR count). The molecule has 0 spiro atoms. The summed E-state index contributed by atoms with van der Waals surface area (Å²) in [5, 5.41) is 12.0. The van der Waals surface area contributed by atoms with E-state index in [0.717, 1.165) is 4.70 Å². The lowest BCUT2D eigenvalue weighted by Crippen LogP contribution is -2.30. The third-order valence-electron chi connectivity index (χ3n) is 4.18. The Hall–Kier alpha value is -3.36. The SMILES string of the molecule is O=C(c1cccc([N+](=O)[O-])c1)N(Cc1ccccn1)c1nc2c(Cl)cccc2s1. The van der Waals surface area contributed by atoms with Gasteiger partial charge in [0.05, 0.1) is 26.9 Å². The number of nitro benzene ring substituents is 1. The van der Waals surface area contributed by atoms with E-state index in [1.54, 1.807) is 30.5 Å². The van der Waals surface area contributed by atoms with Gasteiger partial charge in [0.2, 0.25) is 0 Å². The number of benzene rings is 2. The van der Waals surface area contributed by atoms with Gasteiger partial charge < -0.3 is 0 Å². The molecule has 0 bridgehead atoms. The van der Waals surface area contributed by atoms with Crippen molar-refractivity contribution in [3.05, 3.63) is 93.3 Å². The molecule has 0 saturated heterocycles. The first-order valence-corrected chi connectivity index (χ1v) is 9.73. The number of para-hydroxylation sites is 1. The Morgan fingerprint density at radius 2 is 1.97 bits per heavy atom. The molecular weight excluding hydrogens is 412 g/mol. The third kappa shape index (κ3) is 3.94. The minimum absolute atomic E-state index is 0.152. The van der Waals surface area contributed by atoms with E-state index in [-0.39, 0.29) is 17.8 Å². The fourth-order valence-corrected chi connectivity index (χ4v) is 4.07. The highest BCUT2D eigenvalue weighted by Gasteiger charge is 2.24. The van der Waals surface area contributed by atoms with Gasteiger partial charge in [-0.25, -0.2) is 4.98 Å². The number of hydrogen-bond donors (Lipinski definition) is 0. The maximum absolute atomic E-state index is 13.3. The van der Waals surface area contributed by atoms with Crippen LogP contribution in [0.2, 0.25) is 5.02 Å². The first kappa shape index (κ1) is 19.0. The quantitative estimate of drug-likeness (QED) is 0.328. The number of fused-ring (bicyclic) bond motifs is 1. The summed E-state index contributed by atoms with van der Waals surface area (Å²) < 4.78 is 0.838. The monoisotopic (exact) mass is 424 g/mol. The number of carbonyl (C=O) groups is 1. The topological polar surface area (TPSA) is 89.2 Å². The van der Waals surface area contributed by atoms with Gasteiger partial charge in [-0.05, 0) is 30.3 Å². The van der Waals surface area contributed by atoms with Crippen molar-refractivity contribution in [1.82, 2.24) is 9.97 Å². The molecule has 0 N–H and O–H groups in total. The van der Waals surface area contributed by atoms with Crippen LogP contribution < -0.4 is 4.90 Å². The van der Waals surface area contributed by atoms with Gasteiger partial charge in [0.25, 0.3) is 11.6 Å². The number of rotatable bonds is 5. The van der Waals surface area contributed by atoms with E-state index in [1.807, 2.05) is 18.2 Å². The lowest BCUT2D eigenvalue weighted by Gasteiger charge is -2.19. The van der Waals surface area contributed by atoms with Crippen LogP contribution in [0, 0.1) is 10.1 Å². The zero-order chi connectivity index (χ0) is 20.4. The zero-order valence-electron chi connectivity index (χ0n) is 14.9. The number of amides is 1. The van der Waals surface area contributed by atoms with E-state index < -0.39 is 10.8 Å². The minimum Gasteiger partial charge on any atom is -0.278 e. The molecule has 144 valence electrons. The van der Waals surface area contributed by atoms with Gasteiger partial charge in [0.15, 0.2) is 5.13 Å². The summed E-state index contributed by atoms with van der Waals surface area (Å²) in [5.74, 6) is -0.408. The second kappa shape index (κ2) is 7.94. The first-order chi connectivity index (χ1) is 14.0.